The summed E-state index contributed by atoms with van der Waals surface area (Å²) in [7, 11) is 1.19. The molecule has 5 N–H and O–H groups in total. The summed E-state index contributed by atoms with van der Waals surface area (Å²) >= 11 is 7.55. The van der Waals surface area contributed by atoms with Crippen LogP contribution in [0.5, 0.6) is 0 Å². The van der Waals surface area contributed by atoms with Crippen LogP contribution < -0.4 is 21.9 Å². The van der Waals surface area contributed by atoms with Gasteiger partial charge < -0.3 is 20.5 Å². The van der Waals surface area contributed by atoms with E-state index in [0.717, 1.165) is 16.0 Å². The number of carbonyl (C=O) groups excluding carboxylic acids is 4. The molecule has 39 heavy (non-hydrogen) atoms. The fourth-order valence-corrected chi connectivity index (χ4v) is 4.97. The standard InChI is InChI=1S/C27H27ClN4O6S/c1-14(16-4-3-5-17(12-16)20-9-10-21(28)39-20)30-25(34)19-13-18(29)8-6-15(19)7-11-22(33)31-32-26(35)23-24(38-23)27(36)37-2/h3-6,8-10,12-14,23-24H,7,11,29H2,1-2H3,(H,30,34)(H,31,33)(H,32,35)/t14-,23?,24?/m1/s1. The van der Waals surface area contributed by atoms with Crippen molar-refractivity contribution < 1.29 is 28.7 Å². The highest BCUT2D eigenvalue weighted by Crippen LogP contribution is 2.32. The molecule has 3 aromatic rings. The molecule has 1 saturated heterocycles. The molecule has 2 aromatic carbocycles. The van der Waals surface area contributed by atoms with Crippen LogP contribution in [0, 0.1) is 0 Å². The monoisotopic (exact) mass is 570 g/mol. The lowest BCUT2D eigenvalue weighted by Gasteiger charge is -2.17. The number of hydrogen-bond donors (Lipinski definition) is 4. The van der Waals surface area contributed by atoms with Crippen LogP contribution in [0.25, 0.3) is 10.4 Å². The summed E-state index contributed by atoms with van der Waals surface area (Å²) in [4.78, 5) is 49.9. The topological polar surface area (TPSA) is 152 Å². The molecule has 10 nitrogen and oxygen atoms in total. The van der Waals surface area contributed by atoms with E-state index in [1.807, 2.05) is 43.3 Å². The number of nitrogen functional groups attached to an aromatic ring is 1. The Morgan fingerprint density at radius 2 is 1.87 bits per heavy atom. The average molecular weight is 571 g/mol. The number of thiophene rings is 1. The quantitative estimate of drug-likeness (QED) is 0.133. The zero-order valence-corrected chi connectivity index (χ0v) is 22.7. The first-order chi connectivity index (χ1) is 18.7. The third kappa shape index (κ3) is 7.14. The number of nitrogens with two attached hydrogens (primary N) is 1. The predicted molar refractivity (Wildman–Crippen MR) is 147 cm³/mol. The molecule has 0 spiro atoms. The van der Waals surface area contributed by atoms with Crippen molar-refractivity contribution >= 4 is 52.3 Å². The number of ether oxygens (including phenoxy) is 2. The van der Waals surface area contributed by atoms with Crippen molar-refractivity contribution in [2.75, 3.05) is 12.8 Å². The summed E-state index contributed by atoms with van der Waals surface area (Å²) < 4.78 is 10.1. The highest BCUT2D eigenvalue weighted by atomic mass is 35.5. The molecule has 0 radical (unpaired) electrons. The highest BCUT2D eigenvalue weighted by molar-refractivity contribution is 7.19. The van der Waals surface area contributed by atoms with Gasteiger partial charge in [-0.2, -0.15) is 0 Å². The van der Waals surface area contributed by atoms with Crippen LogP contribution in [-0.4, -0.2) is 43.0 Å². The Labute approximate surface area is 233 Å². The van der Waals surface area contributed by atoms with Crippen molar-refractivity contribution in [2.45, 2.75) is 38.0 Å². The zero-order valence-electron chi connectivity index (χ0n) is 21.2. The maximum Gasteiger partial charge on any atom is 0.338 e. The molecule has 1 aliphatic heterocycles. The lowest BCUT2D eigenvalue weighted by molar-refractivity contribution is -0.142. The van der Waals surface area contributed by atoms with E-state index >= 15 is 0 Å². The second-order valence-corrected chi connectivity index (χ2v) is 10.6. The van der Waals surface area contributed by atoms with E-state index < -0.39 is 30.0 Å². The molecule has 2 unspecified atom stereocenters. The number of anilines is 1. The molecule has 1 fully saturated rings. The molecule has 0 saturated carbocycles. The SMILES string of the molecule is COC(=O)C1OC1C(=O)NNC(=O)CCc1ccc(N)cc1C(=O)N[C@H](C)c1cccc(-c2ccc(Cl)s2)c1. The van der Waals surface area contributed by atoms with Crippen LogP contribution in [0.3, 0.4) is 0 Å². The number of nitrogens with one attached hydrogen (secondary N) is 3. The Kier molecular flexibility index (Phi) is 8.85. The fourth-order valence-electron chi connectivity index (χ4n) is 3.93. The number of rotatable bonds is 9. The van der Waals surface area contributed by atoms with Crippen molar-refractivity contribution in [1.82, 2.24) is 16.2 Å². The van der Waals surface area contributed by atoms with Gasteiger partial charge in [-0.15, -0.1) is 11.3 Å². The predicted octanol–water partition coefficient (Wildman–Crippen LogP) is 3.16. The minimum atomic E-state index is -1.00. The van der Waals surface area contributed by atoms with Gasteiger partial charge in [0.15, 0.2) is 12.2 Å². The highest BCUT2D eigenvalue weighted by Gasteiger charge is 2.51. The number of amides is 3. The molecular formula is C27H27ClN4O6S. The Morgan fingerprint density at radius 3 is 2.59 bits per heavy atom. The Hall–Kier alpha value is -3.93. The third-order valence-corrected chi connectivity index (χ3v) is 7.38. The van der Waals surface area contributed by atoms with Gasteiger partial charge in [0.2, 0.25) is 5.91 Å². The number of halogens is 1. The Bertz CT molecular complexity index is 1410. The van der Waals surface area contributed by atoms with Gasteiger partial charge in [-0.05, 0) is 60.4 Å². The summed E-state index contributed by atoms with van der Waals surface area (Å²) in [6.45, 7) is 1.88. The van der Waals surface area contributed by atoms with Gasteiger partial charge in [0.05, 0.1) is 17.5 Å². The van der Waals surface area contributed by atoms with E-state index in [9.17, 15) is 19.2 Å². The van der Waals surface area contributed by atoms with E-state index in [1.165, 1.54) is 18.4 Å². The Morgan fingerprint density at radius 1 is 1.08 bits per heavy atom. The molecule has 1 aromatic heterocycles. The summed E-state index contributed by atoms with van der Waals surface area (Å²) in [5.41, 5.74) is 13.8. The number of carbonyl (C=O) groups is 4. The van der Waals surface area contributed by atoms with E-state index in [4.69, 9.17) is 22.1 Å². The molecule has 2 heterocycles. The summed E-state index contributed by atoms with van der Waals surface area (Å²) in [6, 6.07) is 16.3. The van der Waals surface area contributed by atoms with Crippen LogP contribution in [0.4, 0.5) is 5.69 Å². The van der Waals surface area contributed by atoms with E-state index in [0.29, 0.717) is 21.2 Å². The van der Waals surface area contributed by atoms with Crippen molar-refractivity contribution in [2.24, 2.45) is 0 Å². The lowest BCUT2D eigenvalue weighted by Crippen LogP contribution is -2.44. The first-order valence-electron chi connectivity index (χ1n) is 12.0. The van der Waals surface area contributed by atoms with Gasteiger partial charge in [-0.1, -0.05) is 35.9 Å². The van der Waals surface area contributed by atoms with Crippen LogP contribution in [0.15, 0.2) is 54.6 Å². The number of hydrogen-bond acceptors (Lipinski definition) is 8. The van der Waals surface area contributed by atoms with Crippen LogP contribution in [0.2, 0.25) is 4.34 Å². The number of methoxy groups -OCH3 is 1. The second-order valence-electron chi connectivity index (χ2n) is 8.88. The maximum absolute atomic E-state index is 13.2. The van der Waals surface area contributed by atoms with Crippen LogP contribution in [0.1, 0.15) is 40.9 Å². The lowest BCUT2D eigenvalue weighted by atomic mass is 9.99. The number of esters is 1. The minimum absolute atomic E-state index is 0.0165. The molecule has 3 atom stereocenters. The molecule has 1 aliphatic rings. The molecule has 4 rings (SSSR count). The van der Waals surface area contributed by atoms with Crippen molar-refractivity contribution in [1.29, 1.82) is 0 Å². The van der Waals surface area contributed by atoms with Crippen molar-refractivity contribution in [3.63, 3.8) is 0 Å². The van der Waals surface area contributed by atoms with Crippen molar-refractivity contribution in [3.05, 3.63) is 75.6 Å². The zero-order chi connectivity index (χ0) is 28.1. The molecular weight excluding hydrogens is 544 g/mol. The average Bonchev–Trinajstić information content (AvgIpc) is 3.62. The van der Waals surface area contributed by atoms with Gasteiger partial charge in [-0.25, -0.2) is 4.79 Å². The number of benzene rings is 2. The van der Waals surface area contributed by atoms with Crippen LogP contribution in [-0.2, 0) is 30.3 Å². The number of aryl methyl sites for hydroxylation is 1. The normalized spacial score (nSPS) is 16.6. The van der Waals surface area contributed by atoms with E-state index in [2.05, 4.69) is 20.9 Å². The maximum atomic E-state index is 13.2. The molecule has 0 bridgehead atoms. The van der Waals surface area contributed by atoms with Gasteiger partial charge in [0.1, 0.15) is 0 Å². The van der Waals surface area contributed by atoms with Gasteiger partial charge in [-0.3, -0.25) is 25.2 Å². The van der Waals surface area contributed by atoms with E-state index in [-0.39, 0.29) is 24.8 Å². The number of epoxide rings is 1. The van der Waals surface area contributed by atoms with Gasteiger partial charge >= 0.3 is 5.97 Å². The second kappa shape index (κ2) is 12.3. The third-order valence-electron chi connectivity index (χ3n) is 6.10. The summed E-state index contributed by atoms with van der Waals surface area (Å²) in [5.74, 6) is -2.14. The molecule has 204 valence electrons. The smallest absolute Gasteiger partial charge is 0.338 e. The van der Waals surface area contributed by atoms with E-state index in [1.54, 1.807) is 18.2 Å². The van der Waals surface area contributed by atoms with Gasteiger partial charge in [0, 0.05) is 22.5 Å². The van der Waals surface area contributed by atoms with Crippen molar-refractivity contribution in [3.8, 4) is 10.4 Å². The van der Waals surface area contributed by atoms with Crippen LogP contribution >= 0.6 is 22.9 Å². The summed E-state index contributed by atoms with van der Waals surface area (Å²) in [6.07, 6.45) is -1.77. The minimum Gasteiger partial charge on any atom is -0.467 e. The first-order valence-corrected chi connectivity index (χ1v) is 13.2. The van der Waals surface area contributed by atoms with Gasteiger partial charge in [0.25, 0.3) is 11.8 Å². The number of hydrazine groups is 1. The molecule has 12 heteroatoms. The molecule has 0 aliphatic carbocycles. The molecule has 3 amide bonds. The largest absolute Gasteiger partial charge is 0.467 e. The first kappa shape index (κ1) is 28.1. The Balaban J connectivity index is 1.34. The summed E-state index contributed by atoms with van der Waals surface area (Å²) in [5, 5.41) is 3.00. The fraction of sp³-hybridized carbons (Fsp3) is 0.259.